The van der Waals surface area contributed by atoms with Crippen molar-refractivity contribution in [3.05, 3.63) is 53.9 Å². The summed E-state index contributed by atoms with van der Waals surface area (Å²) in [6.07, 6.45) is 12.7. The summed E-state index contributed by atoms with van der Waals surface area (Å²) in [7, 11) is 0. The van der Waals surface area contributed by atoms with Crippen LogP contribution in [0.3, 0.4) is 0 Å². The number of aryl methyl sites for hydroxylation is 1. The normalized spacial score (nSPS) is 12.3. The van der Waals surface area contributed by atoms with Gasteiger partial charge < -0.3 is 4.74 Å². The highest BCUT2D eigenvalue weighted by atomic mass is 16.5. The lowest BCUT2D eigenvalue weighted by atomic mass is 10.1. The van der Waals surface area contributed by atoms with Gasteiger partial charge in [0.1, 0.15) is 0 Å². The van der Waals surface area contributed by atoms with Crippen molar-refractivity contribution >= 4 is 12.0 Å². The number of nitrogens with zero attached hydrogens (tertiary/aromatic N) is 2. The van der Waals surface area contributed by atoms with Gasteiger partial charge in [0.2, 0.25) is 0 Å². The first-order chi connectivity index (χ1) is 13.1. The number of hydrogen-bond donors (Lipinski definition) is 0. The van der Waals surface area contributed by atoms with Crippen molar-refractivity contribution in [3.8, 4) is 11.4 Å². The van der Waals surface area contributed by atoms with Crippen LogP contribution in [0.2, 0.25) is 0 Å². The second-order valence-electron chi connectivity index (χ2n) is 6.97. The summed E-state index contributed by atoms with van der Waals surface area (Å²) in [4.78, 5) is 20.7. The van der Waals surface area contributed by atoms with E-state index in [-0.39, 0.29) is 5.97 Å². The Morgan fingerprint density at radius 2 is 1.81 bits per heavy atom. The molecule has 0 unspecified atom stereocenters. The van der Waals surface area contributed by atoms with E-state index >= 15 is 0 Å². The molecular formula is C23H30N2O2. The summed E-state index contributed by atoms with van der Waals surface area (Å²) in [5.74, 6) is 0.804. The van der Waals surface area contributed by atoms with Crippen LogP contribution in [-0.2, 0) is 16.0 Å². The first-order valence-electron chi connectivity index (χ1n) is 9.88. The van der Waals surface area contributed by atoms with Crippen LogP contribution in [0, 0.1) is 5.92 Å². The number of hydrogen-bond acceptors (Lipinski definition) is 4. The van der Waals surface area contributed by atoms with E-state index in [0.29, 0.717) is 12.5 Å². The lowest BCUT2D eigenvalue weighted by Crippen LogP contribution is -2.08. The van der Waals surface area contributed by atoms with E-state index in [1.54, 1.807) is 6.08 Å². The van der Waals surface area contributed by atoms with E-state index in [1.165, 1.54) is 30.9 Å². The number of carbonyl (C=O) groups excluding carboxylic acids is 1. The SMILES string of the molecule is CCCCCc1cnc(-c2ccc(/C=C/C(=O)OC[C@H](C)CC)cc2)nc1. The molecule has 0 aliphatic carbocycles. The van der Waals surface area contributed by atoms with E-state index in [4.69, 9.17) is 4.74 Å². The Balaban J connectivity index is 1.90. The lowest BCUT2D eigenvalue weighted by molar-refractivity contribution is -0.138. The molecule has 144 valence electrons. The summed E-state index contributed by atoms with van der Waals surface area (Å²) in [5.41, 5.74) is 3.09. The van der Waals surface area contributed by atoms with Crippen molar-refractivity contribution in [2.75, 3.05) is 6.61 Å². The Kier molecular flexibility index (Phi) is 8.69. The molecule has 0 fully saturated rings. The number of aromatic nitrogens is 2. The van der Waals surface area contributed by atoms with Crippen LogP contribution in [0.4, 0.5) is 0 Å². The molecule has 2 aromatic rings. The largest absolute Gasteiger partial charge is 0.462 e. The number of carbonyl (C=O) groups is 1. The molecule has 0 saturated heterocycles. The third kappa shape index (κ3) is 7.33. The number of benzene rings is 1. The molecule has 4 heteroatoms. The number of esters is 1. The van der Waals surface area contributed by atoms with Crippen LogP contribution in [0.1, 0.15) is 57.6 Å². The highest BCUT2D eigenvalue weighted by Gasteiger charge is 2.04. The number of ether oxygens (including phenoxy) is 1. The molecule has 27 heavy (non-hydrogen) atoms. The Bertz CT molecular complexity index is 721. The second kappa shape index (κ2) is 11.3. The Labute approximate surface area is 162 Å². The molecule has 4 nitrogen and oxygen atoms in total. The standard InChI is InChI=1S/C23H30N2O2/c1-4-6-7-8-20-15-24-23(25-16-20)21-12-9-19(10-13-21)11-14-22(26)27-17-18(3)5-2/h9-16,18H,4-8,17H2,1-3H3/b14-11+/t18-/m1/s1. The van der Waals surface area contributed by atoms with Crippen LogP contribution in [0.15, 0.2) is 42.7 Å². The first-order valence-corrected chi connectivity index (χ1v) is 9.88. The maximum absolute atomic E-state index is 11.7. The van der Waals surface area contributed by atoms with Crippen LogP contribution in [-0.4, -0.2) is 22.5 Å². The van der Waals surface area contributed by atoms with Crippen LogP contribution >= 0.6 is 0 Å². The monoisotopic (exact) mass is 366 g/mol. The summed E-state index contributed by atoms with van der Waals surface area (Å²) in [6, 6.07) is 7.84. The van der Waals surface area contributed by atoms with Gasteiger partial charge in [-0.1, -0.05) is 64.3 Å². The van der Waals surface area contributed by atoms with E-state index in [0.717, 1.165) is 29.8 Å². The van der Waals surface area contributed by atoms with E-state index in [1.807, 2.05) is 36.7 Å². The fraction of sp³-hybridized carbons (Fsp3) is 0.435. The minimum atomic E-state index is -0.304. The zero-order valence-electron chi connectivity index (χ0n) is 16.6. The summed E-state index contributed by atoms with van der Waals surface area (Å²) in [6.45, 7) is 6.81. The van der Waals surface area contributed by atoms with Gasteiger partial charge in [0.05, 0.1) is 6.61 Å². The Morgan fingerprint density at radius 3 is 2.44 bits per heavy atom. The number of unbranched alkanes of at least 4 members (excludes halogenated alkanes) is 2. The van der Waals surface area contributed by atoms with Gasteiger partial charge in [-0.25, -0.2) is 14.8 Å². The predicted octanol–water partition coefficient (Wildman–Crippen LogP) is 5.48. The third-order valence-corrected chi connectivity index (χ3v) is 4.56. The van der Waals surface area contributed by atoms with Crippen LogP contribution in [0.25, 0.3) is 17.5 Å². The maximum atomic E-state index is 11.7. The zero-order chi connectivity index (χ0) is 19.5. The van der Waals surface area contributed by atoms with Crippen LogP contribution in [0.5, 0.6) is 0 Å². The number of rotatable bonds is 10. The highest BCUT2D eigenvalue weighted by Crippen LogP contribution is 2.17. The minimum absolute atomic E-state index is 0.304. The van der Waals surface area contributed by atoms with Crippen LogP contribution < -0.4 is 0 Å². The Hall–Kier alpha value is -2.49. The fourth-order valence-corrected chi connectivity index (χ4v) is 2.51. The molecular weight excluding hydrogens is 336 g/mol. The van der Waals surface area contributed by atoms with Crippen molar-refractivity contribution < 1.29 is 9.53 Å². The van der Waals surface area contributed by atoms with Crippen molar-refractivity contribution in [3.63, 3.8) is 0 Å². The van der Waals surface area contributed by atoms with Gasteiger partial charge >= 0.3 is 5.97 Å². The maximum Gasteiger partial charge on any atom is 0.330 e. The minimum Gasteiger partial charge on any atom is -0.462 e. The zero-order valence-corrected chi connectivity index (χ0v) is 16.6. The molecule has 0 saturated carbocycles. The highest BCUT2D eigenvalue weighted by molar-refractivity contribution is 5.87. The van der Waals surface area contributed by atoms with Crippen molar-refractivity contribution in [1.82, 2.24) is 9.97 Å². The molecule has 0 radical (unpaired) electrons. The average molecular weight is 367 g/mol. The predicted molar refractivity (Wildman–Crippen MR) is 110 cm³/mol. The summed E-state index contributed by atoms with van der Waals surface area (Å²) < 4.78 is 5.21. The first kappa shape index (κ1) is 20.8. The molecule has 0 bridgehead atoms. The van der Waals surface area contributed by atoms with Gasteiger partial charge in [-0.05, 0) is 36.0 Å². The van der Waals surface area contributed by atoms with Crippen molar-refractivity contribution in [2.45, 2.75) is 52.9 Å². The van der Waals surface area contributed by atoms with Crippen molar-refractivity contribution in [2.24, 2.45) is 5.92 Å². The second-order valence-corrected chi connectivity index (χ2v) is 6.97. The van der Waals surface area contributed by atoms with E-state index < -0.39 is 0 Å². The summed E-state index contributed by atoms with van der Waals surface area (Å²) >= 11 is 0. The Morgan fingerprint density at radius 1 is 1.11 bits per heavy atom. The van der Waals surface area contributed by atoms with Gasteiger partial charge in [0, 0.05) is 24.0 Å². The smallest absolute Gasteiger partial charge is 0.330 e. The summed E-state index contributed by atoms with van der Waals surface area (Å²) in [5, 5.41) is 0. The lowest BCUT2D eigenvalue weighted by Gasteiger charge is -2.07. The molecule has 1 atom stereocenters. The molecule has 0 aliphatic rings. The van der Waals surface area contributed by atoms with Gasteiger partial charge in [-0.15, -0.1) is 0 Å². The average Bonchev–Trinajstić information content (AvgIpc) is 2.71. The molecule has 1 heterocycles. The third-order valence-electron chi connectivity index (χ3n) is 4.56. The van der Waals surface area contributed by atoms with Gasteiger partial charge in [0.25, 0.3) is 0 Å². The van der Waals surface area contributed by atoms with E-state index in [9.17, 15) is 4.79 Å². The molecule has 2 rings (SSSR count). The van der Waals surface area contributed by atoms with E-state index in [2.05, 4.69) is 30.7 Å². The van der Waals surface area contributed by atoms with Gasteiger partial charge in [0.15, 0.2) is 5.82 Å². The fourth-order valence-electron chi connectivity index (χ4n) is 2.51. The van der Waals surface area contributed by atoms with Crippen molar-refractivity contribution in [1.29, 1.82) is 0 Å². The molecule has 0 amide bonds. The van der Waals surface area contributed by atoms with Gasteiger partial charge in [-0.2, -0.15) is 0 Å². The molecule has 0 aliphatic heterocycles. The molecule has 1 aromatic carbocycles. The molecule has 1 aromatic heterocycles. The topological polar surface area (TPSA) is 52.1 Å². The quantitative estimate of drug-likeness (QED) is 0.317. The van der Waals surface area contributed by atoms with Gasteiger partial charge in [-0.3, -0.25) is 0 Å². The molecule has 0 spiro atoms. The molecule has 0 N–H and O–H groups in total.